The third-order valence-corrected chi connectivity index (χ3v) is 3.09. The third-order valence-electron chi connectivity index (χ3n) is 2.40. The number of anilines is 1. The number of likely N-dealkylation sites (tertiary alicyclic amines) is 1. The lowest BCUT2D eigenvalue weighted by molar-refractivity contribution is 0.0572. The first-order chi connectivity index (χ1) is 7.65. The van der Waals surface area contributed by atoms with Crippen LogP contribution in [0.15, 0.2) is 11.6 Å². The second kappa shape index (κ2) is 4.73. The number of thiazole rings is 1. The molecule has 1 saturated heterocycles. The maximum absolute atomic E-state index is 12.0. The van der Waals surface area contributed by atoms with Crippen molar-refractivity contribution in [1.82, 2.24) is 9.88 Å². The molecule has 0 radical (unpaired) electrons. The fourth-order valence-electron chi connectivity index (χ4n) is 1.59. The molecule has 0 unspecified atom stereocenters. The summed E-state index contributed by atoms with van der Waals surface area (Å²) >= 11 is 1.32. The first kappa shape index (κ1) is 11.3. The average Bonchev–Trinajstić information content (AvgIpc) is 2.62. The molecule has 0 atom stereocenters. The van der Waals surface area contributed by atoms with Gasteiger partial charge in [0.25, 0.3) is 0 Å². The van der Waals surface area contributed by atoms with Crippen molar-refractivity contribution in [2.24, 2.45) is 5.92 Å². The molecule has 16 heavy (non-hydrogen) atoms. The highest BCUT2D eigenvalue weighted by Crippen LogP contribution is 2.23. The van der Waals surface area contributed by atoms with Crippen LogP contribution in [-0.2, 0) is 0 Å². The van der Waals surface area contributed by atoms with E-state index in [-0.39, 0.29) is 18.4 Å². The average molecular weight is 247 g/mol. The van der Waals surface area contributed by atoms with Crippen LogP contribution in [0.5, 0.6) is 0 Å². The van der Waals surface area contributed by atoms with Gasteiger partial charge in [0.15, 0.2) is 5.13 Å². The Morgan fingerprint density at radius 3 is 3.00 bits per heavy atom. The van der Waals surface area contributed by atoms with Crippen molar-refractivity contribution in [3.63, 3.8) is 0 Å². The zero-order valence-corrected chi connectivity index (χ0v) is 9.21. The number of rotatable bonds is 3. The molecule has 2 rings (SSSR count). The summed E-state index contributed by atoms with van der Waals surface area (Å²) in [5.41, 5.74) is 0. The van der Waals surface area contributed by atoms with Gasteiger partial charge in [0.2, 0.25) is 6.43 Å². The Labute approximate surface area is 95.3 Å². The highest BCUT2D eigenvalue weighted by molar-refractivity contribution is 7.13. The number of urea groups is 1. The summed E-state index contributed by atoms with van der Waals surface area (Å²) in [6.45, 7) is 0.809. The molecule has 4 nitrogen and oxygen atoms in total. The van der Waals surface area contributed by atoms with Crippen molar-refractivity contribution in [3.8, 4) is 0 Å². The van der Waals surface area contributed by atoms with Crippen LogP contribution in [0.25, 0.3) is 0 Å². The molecule has 1 aliphatic heterocycles. The first-order valence-electron chi connectivity index (χ1n) is 4.88. The number of alkyl halides is 2. The molecule has 2 amide bonds. The molecule has 88 valence electrons. The molecule has 1 fully saturated rings. The molecule has 0 saturated carbocycles. The Balaban J connectivity index is 1.73. The Hall–Kier alpha value is -1.24. The quantitative estimate of drug-likeness (QED) is 0.890. The molecule has 0 spiro atoms. The van der Waals surface area contributed by atoms with E-state index in [0.717, 1.165) is 0 Å². The van der Waals surface area contributed by atoms with Crippen LogP contribution in [-0.4, -0.2) is 35.4 Å². The van der Waals surface area contributed by atoms with Gasteiger partial charge in [-0.3, -0.25) is 5.32 Å². The lowest BCUT2D eigenvalue weighted by Crippen LogP contribution is -2.52. The van der Waals surface area contributed by atoms with E-state index in [1.807, 2.05) is 0 Å². The Kier molecular flexibility index (Phi) is 3.33. The number of aromatic nitrogens is 1. The van der Waals surface area contributed by atoms with E-state index >= 15 is 0 Å². The van der Waals surface area contributed by atoms with Crippen molar-refractivity contribution in [1.29, 1.82) is 0 Å². The molecule has 1 aromatic heterocycles. The van der Waals surface area contributed by atoms with Gasteiger partial charge in [-0.2, -0.15) is 0 Å². The number of hydrogen-bond acceptors (Lipinski definition) is 3. The first-order valence-corrected chi connectivity index (χ1v) is 5.76. The zero-order valence-electron chi connectivity index (χ0n) is 8.40. The van der Waals surface area contributed by atoms with Crippen LogP contribution in [0.1, 0.15) is 6.42 Å². The predicted octanol–water partition coefficient (Wildman–Crippen LogP) is 2.26. The number of carbonyl (C=O) groups is 1. The third kappa shape index (κ3) is 2.66. The summed E-state index contributed by atoms with van der Waals surface area (Å²) in [6, 6.07) is -0.263. The summed E-state index contributed by atoms with van der Waals surface area (Å²) in [5.74, 6) is -0.0676. The summed E-state index contributed by atoms with van der Waals surface area (Å²) in [7, 11) is 0. The van der Waals surface area contributed by atoms with Crippen molar-refractivity contribution in [3.05, 3.63) is 11.6 Å². The molecule has 0 bridgehead atoms. The SMILES string of the molecule is O=C(Nc1nccs1)N1CC(CC(F)F)C1. The predicted molar refractivity (Wildman–Crippen MR) is 56.8 cm³/mol. The number of halogens is 2. The summed E-state index contributed by atoms with van der Waals surface area (Å²) < 4.78 is 24.0. The maximum atomic E-state index is 12.0. The van der Waals surface area contributed by atoms with Gasteiger partial charge in [-0.05, 0) is 5.92 Å². The Morgan fingerprint density at radius 2 is 2.44 bits per heavy atom. The van der Waals surface area contributed by atoms with E-state index in [1.54, 1.807) is 11.6 Å². The van der Waals surface area contributed by atoms with Crippen LogP contribution >= 0.6 is 11.3 Å². The Bertz CT molecular complexity index is 352. The van der Waals surface area contributed by atoms with E-state index in [1.165, 1.54) is 16.2 Å². The monoisotopic (exact) mass is 247 g/mol. The van der Waals surface area contributed by atoms with Crippen molar-refractivity contribution >= 4 is 22.5 Å². The second-order valence-corrected chi connectivity index (χ2v) is 4.56. The number of carbonyl (C=O) groups excluding carboxylic acids is 1. The van der Waals surface area contributed by atoms with Gasteiger partial charge in [-0.15, -0.1) is 11.3 Å². The van der Waals surface area contributed by atoms with Gasteiger partial charge in [0.05, 0.1) is 0 Å². The molecular weight excluding hydrogens is 236 g/mol. The molecule has 2 heterocycles. The van der Waals surface area contributed by atoms with E-state index in [2.05, 4.69) is 10.3 Å². The van der Waals surface area contributed by atoms with Crippen LogP contribution in [0.2, 0.25) is 0 Å². The normalized spacial score (nSPS) is 16.3. The highest BCUT2D eigenvalue weighted by Gasteiger charge is 2.32. The lowest BCUT2D eigenvalue weighted by Gasteiger charge is -2.38. The molecule has 1 N–H and O–H groups in total. The highest BCUT2D eigenvalue weighted by atomic mass is 32.1. The molecule has 7 heteroatoms. The van der Waals surface area contributed by atoms with E-state index in [9.17, 15) is 13.6 Å². The summed E-state index contributed by atoms with van der Waals surface area (Å²) in [6.07, 6.45) is -0.814. The molecule has 1 aliphatic rings. The van der Waals surface area contributed by atoms with Crippen LogP contribution in [0.4, 0.5) is 18.7 Å². The minimum Gasteiger partial charge on any atom is -0.324 e. The maximum Gasteiger partial charge on any atom is 0.323 e. The van der Waals surface area contributed by atoms with Gasteiger partial charge in [-0.25, -0.2) is 18.6 Å². The fourth-order valence-corrected chi connectivity index (χ4v) is 2.11. The van der Waals surface area contributed by atoms with Gasteiger partial charge >= 0.3 is 6.03 Å². The number of hydrogen-bond donors (Lipinski definition) is 1. The van der Waals surface area contributed by atoms with Gasteiger partial charge < -0.3 is 4.90 Å². The second-order valence-electron chi connectivity index (χ2n) is 3.67. The molecule has 0 aliphatic carbocycles. The molecule has 0 aromatic carbocycles. The minimum atomic E-state index is -2.28. The topological polar surface area (TPSA) is 45.2 Å². The lowest BCUT2D eigenvalue weighted by atomic mass is 9.97. The van der Waals surface area contributed by atoms with Gasteiger partial charge in [-0.1, -0.05) is 0 Å². The van der Waals surface area contributed by atoms with Crippen LogP contribution < -0.4 is 5.32 Å². The smallest absolute Gasteiger partial charge is 0.323 e. The van der Waals surface area contributed by atoms with Gasteiger partial charge in [0, 0.05) is 31.1 Å². The van der Waals surface area contributed by atoms with Gasteiger partial charge in [0.1, 0.15) is 0 Å². The fraction of sp³-hybridized carbons (Fsp3) is 0.556. The van der Waals surface area contributed by atoms with Crippen molar-refractivity contribution in [2.75, 3.05) is 18.4 Å². The zero-order chi connectivity index (χ0) is 11.5. The number of nitrogens with one attached hydrogen (secondary N) is 1. The largest absolute Gasteiger partial charge is 0.324 e. The van der Waals surface area contributed by atoms with E-state index in [4.69, 9.17) is 0 Å². The molecule has 1 aromatic rings. The van der Waals surface area contributed by atoms with E-state index in [0.29, 0.717) is 18.2 Å². The van der Waals surface area contributed by atoms with Crippen molar-refractivity contribution < 1.29 is 13.6 Å². The number of nitrogens with zero attached hydrogens (tertiary/aromatic N) is 2. The summed E-state index contributed by atoms with van der Waals surface area (Å²) in [4.78, 5) is 16.9. The van der Waals surface area contributed by atoms with E-state index < -0.39 is 6.43 Å². The minimum absolute atomic E-state index is 0.0676. The van der Waals surface area contributed by atoms with Crippen LogP contribution in [0.3, 0.4) is 0 Å². The van der Waals surface area contributed by atoms with Crippen molar-refractivity contribution in [2.45, 2.75) is 12.8 Å². The van der Waals surface area contributed by atoms with Crippen LogP contribution in [0, 0.1) is 5.92 Å². The standard InChI is InChI=1S/C9H11F2N3OS/c10-7(11)3-6-4-14(5-6)9(15)13-8-12-1-2-16-8/h1-2,6-7H,3-5H2,(H,12,13,15). The Morgan fingerprint density at radius 1 is 1.69 bits per heavy atom. The summed E-state index contributed by atoms with van der Waals surface area (Å²) in [5, 5.41) is 4.89. The number of amides is 2. The molecular formula is C9H11F2N3OS.